The van der Waals surface area contributed by atoms with E-state index in [0.717, 1.165) is 44.8 Å². The van der Waals surface area contributed by atoms with Crippen molar-refractivity contribution in [3.8, 4) is 5.75 Å². The summed E-state index contributed by atoms with van der Waals surface area (Å²) in [4.78, 5) is 29.0. The van der Waals surface area contributed by atoms with Crippen LogP contribution in [0.25, 0.3) is 5.57 Å². The molecule has 0 unspecified atom stereocenters. The van der Waals surface area contributed by atoms with Gasteiger partial charge in [-0.15, -0.1) is 0 Å². The Morgan fingerprint density at radius 2 is 1.82 bits per heavy atom. The number of sulfonamides is 1. The minimum Gasteiger partial charge on any atom is -0.494 e. The normalized spacial score (nSPS) is 12.7. The van der Waals surface area contributed by atoms with Gasteiger partial charge in [0, 0.05) is 42.4 Å². The first-order valence-electron chi connectivity index (χ1n) is 12.6. The highest BCUT2D eigenvalue weighted by molar-refractivity contribution is 7.90. The molecular formula is C29H30ClN3O5S. The van der Waals surface area contributed by atoms with Gasteiger partial charge in [-0.3, -0.25) is 14.6 Å². The van der Waals surface area contributed by atoms with Gasteiger partial charge in [-0.25, -0.2) is 13.1 Å². The molecule has 0 fully saturated rings. The number of aryl methyl sites for hydroxylation is 2. The lowest BCUT2D eigenvalue weighted by molar-refractivity contribution is -0.119. The topological polar surface area (TPSA) is 114 Å². The minimum absolute atomic E-state index is 0.00126. The van der Waals surface area contributed by atoms with E-state index in [4.69, 9.17) is 16.3 Å². The molecule has 39 heavy (non-hydrogen) atoms. The molecule has 1 aliphatic carbocycles. The number of fused-ring (bicyclic) bond motifs is 1. The van der Waals surface area contributed by atoms with Gasteiger partial charge in [-0.2, -0.15) is 0 Å². The number of aromatic nitrogens is 1. The number of pyridine rings is 1. The summed E-state index contributed by atoms with van der Waals surface area (Å²) >= 11 is 6.25. The molecule has 0 saturated heterocycles. The number of rotatable bonds is 11. The molecule has 10 heteroatoms. The molecule has 204 valence electrons. The second-order valence-corrected chi connectivity index (χ2v) is 11.4. The van der Waals surface area contributed by atoms with Gasteiger partial charge in [-0.05, 0) is 78.8 Å². The Balaban J connectivity index is 1.34. The third-order valence-electron chi connectivity index (χ3n) is 6.43. The summed E-state index contributed by atoms with van der Waals surface area (Å²) < 4.78 is 32.6. The third kappa shape index (κ3) is 7.04. The molecule has 0 radical (unpaired) electrons. The highest BCUT2D eigenvalue weighted by Crippen LogP contribution is 2.36. The van der Waals surface area contributed by atoms with Gasteiger partial charge in [0.05, 0.1) is 6.61 Å². The Morgan fingerprint density at radius 1 is 1.08 bits per heavy atom. The SMILES string of the molecule is Cc1cc(OCCCC2=C(C(=O)NCCC(=O)NS(=O)(=O)c3cccnc3)Cc3ccccc32)cc(C)c1Cl. The van der Waals surface area contributed by atoms with Crippen molar-refractivity contribution in [2.75, 3.05) is 13.2 Å². The molecule has 1 heterocycles. The Bertz CT molecular complexity index is 1500. The van der Waals surface area contributed by atoms with Gasteiger partial charge < -0.3 is 10.1 Å². The van der Waals surface area contributed by atoms with E-state index >= 15 is 0 Å². The van der Waals surface area contributed by atoms with Crippen molar-refractivity contribution in [3.63, 3.8) is 0 Å². The molecule has 2 aromatic carbocycles. The van der Waals surface area contributed by atoms with Crippen LogP contribution in [0.3, 0.4) is 0 Å². The molecule has 0 atom stereocenters. The zero-order valence-electron chi connectivity index (χ0n) is 21.8. The van der Waals surface area contributed by atoms with Crippen LogP contribution in [0.1, 0.15) is 41.5 Å². The predicted octanol–water partition coefficient (Wildman–Crippen LogP) is 4.53. The third-order valence-corrected chi connectivity index (χ3v) is 8.38. The summed E-state index contributed by atoms with van der Waals surface area (Å²) in [6, 6.07) is 14.5. The molecule has 2 amide bonds. The van der Waals surface area contributed by atoms with E-state index < -0.39 is 15.9 Å². The fourth-order valence-corrected chi connectivity index (χ4v) is 5.61. The van der Waals surface area contributed by atoms with Crippen LogP contribution >= 0.6 is 11.6 Å². The van der Waals surface area contributed by atoms with Crippen molar-refractivity contribution in [2.45, 2.75) is 44.4 Å². The molecule has 1 aliphatic rings. The molecule has 3 aromatic rings. The summed E-state index contributed by atoms with van der Waals surface area (Å²) in [5.74, 6) is -0.223. The van der Waals surface area contributed by atoms with Crippen LogP contribution in [0.5, 0.6) is 5.75 Å². The smallest absolute Gasteiger partial charge is 0.265 e. The van der Waals surface area contributed by atoms with Gasteiger partial charge in [0.15, 0.2) is 0 Å². The van der Waals surface area contributed by atoms with E-state index in [1.807, 2.05) is 55.0 Å². The maximum atomic E-state index is 13.1. The fraction of sp³-hybridized carbons (Fsp3) is 0.276. The monoisotopic (exact) mass is 567 g/mol. The van der Waals surface area contributed by atoms with Crippen LogP contribution in [0.15, 0.2) is 71.4 Å². The Kier molecular flexibility index (Phi) is 9.04. The zero-order chi connectivity index (χ0) is 28.0. The number of benzene rings is 2. The second kappa shape index (κ2) is 12.4. The molecule has 0 aliphatic heterocycles. The fourth-order valence-electron chi connectivity index (χ4n) is 4.52. The number of halogens is 1. The number of hydrogen-bond donors (Lipinski definition) is 2. The summed E-state index contributed by atoms with van der Waals surface area (Å²) in [6.45, 7) is 4.36. The number of allylic oxidation sites excluding steroid dienone is 1. The molecule has 2 N–H and O–H groups in total. The first-order valence-corrected chi connectivity index (χ1v) is 14.5. The molecule has 0 saturated carbocycles. The quantitative estimate of drug-likeness (QED) is 0.329. The van der Waals surface area contributed by atoms with Crippen molar-refractivity contribution >= 4 is 39.0 Å². The van der Waals surface area contributed by atoms with E-state index in [1.165, 1.54) is 18.3 Å². The second-order valence-electron chi connectivity index (χ2n) is 9.34. The summed E-state index contributed by atoms with van der Waals surface area (Å²) in [5, 5.41) is 3.51. The van der Waals surface area contributed by atoms with Gasteiger partial charge in [0.1, 0.15) is 10.6 Å². The number of amides is 2. The van der Waals surface area contributed by atoms with Gasteiger partial charge in [0.2, 0.25) is 11.8 Å². The summed E-state index contributed by atoms with van der Waals surface area (Å²) in [5.41, 5.74) is 5.64. The van der Waals surface area contributed by atoms with E-state index in [9.17, 15) is 18.0 Å². The summed E-state index contributed by atoms with van der Waals surface area (Å²) in [7, 11) is -4.01. The summed E-state index contributed by atoms with van der Waals surface area (Å²) in [6.07, 6.45) is 4.26. The number of ether oxygens (including phenoxy) is 1. The van der Waals surface area contributed by atoms with E-state index in [2.05, 4.69) is 10.3 Å². The van der Waals surface area contributed by atoms with Crippen LogP contribution in [0.4, 0.5) is 0 Å². The lowest BCUT2D eigenvalue weighted by Gasteiger charge is -2.12. The number of carbonyl (C=O) groups is 2. The highest BCUT2D eigenvalue weighted by atomic mass is 35.5. The van der Waals surface area contributed by atoms with Crippen molar-refractivity contribution in [1.82, 2.24) is 15.0 Å². The molecule has 8 nitrogen and oxygen atoms in total. The van der Waals surface area contributed by atoms with Crippen LogP contribution in [-0.4, -0.2) is 38.4 Å². The van der Waals surface area contributed by atoms with Crippen molar-refractivity contribution in [2.24, 2.45) is 0 Å². The van der Waals surface area contributed by atoms with Crippen molar-refractivity contribution < 1.29 is 22.7 Å². The average molecular weight is 568 g/mol. The van der Waals surface area contributed by atoms with E-state index in [1.54, 1.807) is 0 Å². The Morgan fingerprint density at radius 3 is 2.54 bits per heavy atom. The minimum atomic E-state index is -4.01. The largest absolute Gasteiger partial charge is 0.494 e. The molecule has 0 bridgehead atoms. The standard InChI is InChI=1S/C29H30ClN3O5S/c1-19-15-22(16-20(2)28(19)30)38-14-6-10-25-24-9-4-3-7-21(24)17-26(25)29(35)32-13-11-27(34)33-39(36,37)23-8-5-12-31-18-23/h3-5,7-9,12,15-16,18H,6,10-11,13-14,17H2,1-2H3,(H,32,35)(H,33,34). The number of hydrogen-bond acceptors (Lipinski definition) is 6. The Labute approximate surface area is 233 Å². The maximum absolute atomic E-state index is 13.1. The van der Waals surface area contributed by atoms with Crippen LogP contribution in [0.2, 0.25) is 5.02 Å². The zero-order valence-corrected chi connectivity index (χ0v) is 23.4. The van der Waals surface area contributed by atoms with E-state index in [-0.39, 0.29) is 23.8 Å². The van der Waals surface area contributed by atoms with Gasteiger partial charge in [0.25, 0.3) is 10.0 Å². The lowest BCUT2D eigenvalue weighted by atomic mass is 10.0. The molecular weight excluding hydrogens is 538 g/mol. The van der Waals surface area contributed by atoms with Crippen LogP contribution in [0, 0.1) is 13.8 Å². The predicted molar refractivity (Wildman–Crippen MR) is 150 cm³/mol. The first-order chi connectivity index (χ1) is 18.7. The molecule has 0 spiro atoms. The van der Waals surface area contributed by atoms with Gasteiger partial charge in [-0.1, -0.05) is 35.9 Å². The van der Waals surface area contributed by atoms with Crippen LogP contribution in [-0.2, 0) is 26.0 Å². The van der Waals surface area contributed by atoms with Crippen molar-refractivity contribution in [3.05, 3.63) is 93.8 Å². The number of carbonyl (C=O) groups excluding carboxylic acids is 2. The number of nitrogens with one attached hydrogen (secondary N) is 2. The molecule has 1 aromatic heterocycles. The average Bonchev–Trinajstić information content (AvgIpc) is 3.28. The van der Waals surface area contributed by atoms with Crippen LogP contribution < -0.4 is 14.8 Å². The maximum Gasteiger partial charge on any atom is 0.265 e. The van der Waals surface area contributed by atoms with E-state index in [0.29, 0.717) is 31.4 Å². The Hall–Kier alpha value is -3.69. The lowest BCUT2D eigenvalue weighted by Crippen LogP contribution is -2.34. The number of nitrogens with zero attached hydrogens (tertiary/aromatic N) is 1. The first kappa shape index (κ1) is 28.3. The highest BCUT2D eigenvalue weighted by Gasteiger charge is 2.26. The molecule has 4 rings (SSSR count). The van der Waals surface area contributed by atoms with Crippen molar-refractivity contribution in [1.29, 1.82) is 0 Å². The van der Waals surface area contributed by atoms with Gasteiger partial charge >= 0.3 is 0 Å².